The van der Waals surface area contributed by atoms with Gasteiger partial charge in [0.05, 0.1) is 12.7 Å². The second kappa shape index (κ2) is 11.9. The lowest BCUT2D eigenvalue weighted by molar-refractivity contribution is -0.114. The molecule has 1 aromatic carbocycles. The number of benzene rings is 1. The van der Waals surface area contributed by atoms with E-state index in [9.17, 15) is 4.79 Å². The highest BCUT2D eigenvalue weighted by Gasteiger charge is 2.15. The fourth-order valence-corrected chi connectivity index (χ4v) is 2.55. The largest absolute Gasteiger partial charge is 0.379 e. The molecule has 1 heterocycles. The zero-order chi connectivity index (χ0) is 19.3. The molecule has 0 aliphatic carbocycles. The van der Waals surface area contributed by atoms with E-state index >= 15 is 0 Å². The van der Waals surface area contributed by atoms with Gasteiger partial charge in [-0.15, -0.1) is 6.42 Å². The minimum absolute atomic E-state index is 0.0194. The van der Waals surface area contributed by atoms with Crippen molar-refractivity contribution in [1.82, 2.24) is 10.6 Å². The van der Waals surface area contributed by atoms with Gasteiger partial charge in [0.1, 0.15) is 6.54 Å². The molecule has 2 rings (SSSR count). The fourth-order valence-electron chi connectivity index (χ4n) is 2.55. The van der Waals surface area contributed by atoms with Crippen LogP contribution in [0.5, 0.6) is 0 Å². The molecule has 1 amide bonds. The lowest BCUT2D eigenvalue weighted by Crippen LogP contribution is -2.38. The van der Waals surface area contributed by atoms with E-state index in [1.807, 2.05) is 13.0 Å². The zero-order valence-corrected chi connectivity index (χ0v) is 15.8. The molecule has 146 valence electrons. The average Bonchev–Trinajstić information content (AvgIpc) is 3.19. The molecule has 7 heteroatoms. The summed E-state index contributed by atoms with van der Waals surface area (Å²) in [7, 11) is 0. The molecule has 1 aliphatic rings. The first-order valence-corrected chi connectivity index (χ1v) is 9.29. The van der Waals surface area contributed by atoms with E-state index in [4.69, 9.17) is 15.9 Å². The van der Waals surface area contributed by atoms with E-state index in [-0.39, 0.29) is 18.6 Å². The summed E-state index contributed by atoms with van der Waals surface area (Å²) in [6.07, 6.45) is 7.42. The molecule has 1 unspecified atom stereocenters. The Bertz CT molecular complexity index is 663. The molecule has 0 aromatic heterocycles. The summed E-state index contributed by atoms with van der Waals surface area (Å²) in [5.74, 6) is 2.95. The first kappa shape index (κ1) is 20.7. The summed E-state index contributed by atoms with van der Waals surface area (Å²) in [5, 5.41) is 9.12. The van der Waals surface area contributed by atoms with Gasteiger partial charge in [-0.1, -0.05) is 12.0 Å². The summed E-state index contributed by atoms with van der Waals surface area (Å²) >= 11 is 0. The van der Waals surface area contributed by atoms with Crippen molar-refractivity contribution < 1.29 is 14.3 Å². The van der Waals surface area contributed by atoms with Crippen molar-refractivity contribution in [1.29, 1.82) is 0 Å². The lowest BCUT2D eigenvalue weighted by Gasteiger charge is -2.13. The second-order valence-corrected chi connectivity index (χ2v) is 6.11. The second-order valence-electron chi connectivity index (χ2n) is 6.11. The fraction of sp³-hybridized carbons (Fsp3) is 0.500. The maximum atomic E-state index is 12.1. The van der Waals surface area contributed by atoms with E-state index in [0.717, 1.165) is 25.0 Å². The Morgan fingerprint density at radius 3 is 3.07 bits per heavy atom. The van der Waals surface area contributed by atoms with E-state index in [0.29, 0.717) is 38.0 Å². The van der Waals surface area contributed by atoms with Crippen LogP contribution in [0.3, 0.4) is 0 Å². The maximum absolute atomic E-state index is 12.1. The Hall–Kier alpha value is -2.56. The number of hydrogen-bond acceptors (Lipinski definition) is 4. The molecule has 0 bridgehead atoms. The van der Waals surface area contributed by atoms with Crippen LogP contribution in [-0.4, -0.2) is 57.4 Å². The number of hydrogen-bond donors (Lipinski definition) is 3. The monoisotopic (exact) mass is 372 g/mol. The van der Waals surface area contributed by atoms with Gasteiger partial charge in [-0.25, -0.2) is 4.99 Å². The minimum atomic E-state index is -0.203. The number of ether oxygens (including phenoxy) is 2. The van der Waals surface area contributed by atoms with Gasteiger partial charge in [0.2, 0.25) is 5.91 Å². The molecule has 1 atom stereocenters. The molecule has 1 fully saturated rings. The van der Waals surface area contributed by atoms with Gasteiger partial charge in [0.15, 0.2) is 5.96 Å². The van der Waals surface area contributed by atoms with E-state index in [1.54, 1.807) is 18.2 Å². The van der Waals surface area contributed by atoms with Crippen molar-refractivity contribution in [2.45, 2.75) is 25.9 Å². The number of aliphatic imine (C=N–C) groups is 1. The van der Waals surface area contributed by atoms with E-state index in [2.05, 4.69) is 26.9 Å². The van der Waals surface area contributed by atoms with Gasteiger partial charge in [-0.2, -0.15) is 0 Å². The highest BCUT2D eigenvalue weighted by atomic mass is 16.5. The van der Waals surface area contributed by atoms with Gasteiger partial charge >= 0.3 is 0 Å². The molecular formula is C20H28N4O3. The van der Waals surface area contributed by atoms with Crippen molar-refractivity contribution in [3.8, 4) is 12.3 Å². The van der Waals surface area contributed by atoms with E-state index in [1.165, 1.54) is 0 Å². The van der Waals surface area contributed by atoms with Crippen LogP contribution in [0, 0.1) is 12.3 Å². The lowest BCUT2D eigenvalue weighted by atomic mass is 10.2. The van der Waals surface area contributed by atoms with Gasteiger partial charge in [-0.3, -0.25) is 4.79 Å². The predicted octanol–water partition coefficient (Wildman–Crippen LogP) is 1.36. The predicted molar refractivity (Wildman–Crippen MR) is 107 cm³/mol. The molecule has 3 N–H and O–H groups in total. The number of carbonyl (C=O) groups is 1. The number of carbonyl (C=O) groups excluding carboxylic acids is 1. The highest BCUT2D eigenvalue weighted by molar-refractivity contribution is 5.94. The Morgan fingerprint density at radius 1 is 1.44 bits per heavy atom. The van der Waals surface area contributed by atoms with E-state index < -0.39 is 0 Å². The molecule has 1 saturated heterocycles. The normalized spacial score (nSPS) is 16.6. The summed E-state index contributed by atoms with van der Waals surface area (Å²) in [4.78, 5) is 16.4. The van der Waals surface area contributed by atoms with Crippen LogP contribution in [0.1, 0.15) is 25.3 Å². The maximum Gasteiger partial charge on any atom is 0.246 e. The number of rotatable bonds is 9. The van der Waals surface area contributed by atoms with Crippen LogP contribution >= 0.6 is 0 Å². The highest BCUT2D eigenvalue weighted by Crippen LogP contribution is 2.09. The van der Waals surface area contributed by atoms with Crippen molar-refractivity contribution in [2.24, 2.45) is 4.99 Å². The third kappa shape index (κ3) is 8.11. The molecule has 1 aromatic rings. The number of amides is 1. The van der Waals surface area contributed by atoms with Crippen LogP contribution in [-0.2, 0) is 14.3 Å². The Morgan fingerprint density at radius 2 is 2.33 bits per heavy atom. The summed E-state index contributed by atoms with van der Waals surface area (Å²) < 4.78 is 11.0. The molecule has 0 radical (unpaired) electrons. The summed E-state index contributed by atoms with van der Waals surface area (Å²) in [5.41, 5.74) is 1.38. The topological polar surface area (TPSA) is 84.0 Å². The number of nitrogens with zero attached hydrogens (tertiary/aromatic N) is 1. The third-order valence-corrected chi connectivity index (χ3v) is 3.89. The van der Waals surface area contributed by atoms with Crippen molar-refractivity contribution in [2.75, 3.05) is 44.8 Å². The smallest absolute Gasteiger partial charge is 0.246 e. The quantitative estimate of drug-likeness (QED) is 0.264. The molecule has 0 saturated carbocycles. The first-order valence-electron chi connectivity index (χ1n) is 9.29. The van der Waals surface area contributed by atoms with Crippen LogP contribution in [0.25, 0.3) is 0 Å². The molecule has 7 nitrogen and oxygen atoms in total. The SMILES string of the molecule is C#Cc1cccc(NC(=O)CN=C(NCC)NCCCOC2CCOC2)c1. The molecule has 1 aliphatic heterocycles. The van der Waals surface area contributed by atoms with Crippen LogP contribution in [0.4, 0.5) is 5.69 Å². The van der Waals surface area contributed by atoms with Crippen LogP contribution < -0.4 is 16.0 Å². The Labute approximate surface area is 160 Å². The summed E-state index contributed by atoms with van der Waals surface area (Å²) in [6.45, 7) is 5.58. The van der Waals surface area contributed by atoms with Gasteiger partial charge in [-0.05, 0) is 38.0 Å². The number of terminal acetylenes is 1. The Kier molecular flexibility index (Phi) is 9.18. The van der Waals surface area contributed by atoms with Gasteiger partial charge in [0.25, 0.3) is 0 Å². The first-order chi connectivity index (χ1) is 13.2. The Balaban J connectivity index is 1.71. The molecular weight excluding hydrogens is 344 g/mol. The average molecular weight is 372 g/mol. The van der Waals surface area contributed by atoms with Gasteiger partial charge in [0, 0.05) is 37.6 Å². The zero-order valence-electron chi connectivity index (χ0n) is 15.8. The van der Waals surface area contributed by atoms with Gasteiger partial charge < -0.3 is 25.4 Å². The van der Waals surface area contributed by atoms with Crippen molar-refractivity contribution >= 4 is 17.6 Å². The van der Waals surface area contributed by atoms with Crippen LogP contribution in [0.2, 0.25) is 0 Å². The number of anilines is 1. The molecule has 27 heavy (non-hydrogen) atoms. The summed E-state index contributed by atoms with van der Waals surface area (Å²) in [6, 6.07) is 7.16. The molecule has 0 spiro atoms. The standard InChI is InChI=1S/C20H28N4O3/c1-3-16-7-5-8-17(13-16)24-19(25)14-23-20(21-4-2)22-10-6-11-27-18-9-12-26-15-18/h1,5,7-8,13,18H,4,6,9-12,14-15H2,2H3,(H,24,25)(H2,21,22,23). The number of nitrogens with one attached hydrogen (secondary N) is 3. The van der Waals surface area contributed by atoms with Crippen LogP contribution in [0.15, 0.2) is 29.3 Å². The number of guanidine groups is 1. The van der Waals surface area contributed by atoms with Crippen molar-refractivity contribution in [3.05, 3.63) is 29.8 Å². The minimum Gasteiger partial charge on any atom is -0.379 e. The third-order valence-electron chi connectivity index (χ3n) is 3.89. The van der Waals surface area contributed by atoms with Crippen molar-refractivity contribution in [3.63, 3.8) is 0 Å².